The van der Waals surface area contributed by atoms with Crippen molar-refractivity contribution in [3.05, 3.63) is 30.1 Å². The van der Waals surface area contributed by atoms with Gasteiger partial charge in [-0.2, -0.15) is 0 Å². The Morgan fingerprint density at radius 1 is 1.43 bits per heavy atom. The molecule has 1 saturated heterocycles. The smallest absolute Gasteiger partial charge is 0.0793 e. The summed E-state index contributed by atoms with van der Waals surface area (Å²) in [5.74, 6) is 0.840. The maximum atomic E-state index is 10.3. The van der Waals surface area contributed by atoms with Crippen LogP contribution >= 0.6 is 0 Å². The van der Waals surface area contributed by atoms with Gasteiger partial charge in [0.05, 0.1) is 6.10 Å². The molecule has 1 aliphatic heterocycles. The third kappa shape index (κ3) is 5.06. The van der Waals surface area contributed by atoms with Crippen LogP contribution in [0.4, 0.5) is 0 Å². The van der Waals surface area contributed by atoms with Crippen molar-refractivity contribution >= 4 is 0 Å². The monoisotopic (exact) mass is 291 g/mol. The molecule has 0 bridgehead atoms. The zero-order chi connectivity index (χ0) is 15.2. The fraction of sp³-hybridized carbons (Fsp3) is 0.706. The molecule has 0 radical (unpaired) electrons. The summed E-state index contributed by atoms with van der Waals surface area (Å²) in [6.07, 6.45) is 5.92. The van der Waals surface area contributed by atoms with E-state index in [0.717, 1.165) is 25.6 Å². The van der Waals surface area contributed by atoms with Crippen LogP contribution in [0.3, 0.4) is 0 Å². The molecule has 2 heterocycles. The zero-order valence-corrected chi connectivity index (χ0v) is 13.6. The Kier molecular flexibility index (Phi) is 6.15. The highest BCUT2D eigenvalue weighted by molar-refractivity contribution is 5.12. The molecule has 0 amide bonds. The molecule has 2 unspecified atom stereocenters. The van der Waals surface area contributed by atoms with Gasteiger partial charge in [0, 0.05) is 31.5 Å². The maximum absolute atomic E-state index is 10.3. The van der Waals surface area contributed by atoms with Crippen LogP contribution < -0.4 is 0 Å². The fourth-order valence-corrected chi connectivity index (χ4v) is 2.97. The van der Waals surface area contributed by atoms with Gasteiger partial charge in [-0.1, -0.05) is 13.0 Å². The highest BCUT2D eigenvalue weighted by Crippen LogP contribution is 2.19. The molecule has 4 nitrogen and oxygen atoms in total. The summed E-state index contributed by atoms with van der Waals surface area (Å²) in [5, 5.41) is 10.3. The number of aliphatic hydroxyl groups excluding tert-OH is 1. The van der Waals surface area contributed by atoms with Gasteiger partial charge in [0.25, 0.3) is 0 Å². The van der Waals surface area contributed by atoms with Crippen molar-refractivity contribution in [3.63, 3.8) is 0 Å². The second-order valence-electron chi connectivity index (χ2n) is 6.54. The molecule has 0 aromatic carbocycles. The molecule has 1 fully saturated rings. The maximum Gasteiger partial charge on any atom is 0.0793 e. The minimum atomic E-state index is -0.289. The molecular formula is C17H29N3O. The number of piperidine rings is 1. The minimum Gasteiger partial charge on any atom is -0.390 e. The summed E-state index contributed by atoms with van der Waals surface area (Å²) in [6.45, 7) is 8.21. The first-order valence-corrected chi connectivity index (χ1v) is 8.07. The topological polar surface area (TPSA) is 39.6 Å². The normalized spacial score (nSPS) is 20.6. The van der Waals surface area contributed by atoms with Gasteiger partial charge in [0.1, 0.15) is 0 Å². The molecule has 0 spiro atoms. The molecule has 1 aromatic rings. The van der Waals surface area contributed by atoms with E-state index in [9.17, 15) is 5.11 Å². The predicted molar refractivity (Wildman–Crippen MR) is 86.1 cm³/mol. The van der Waals surface area contributed by atoms with Gasteiger partial charge in [-0.25, -0.2) is 0 Å². The number of pyridine rings is 1. The number of likely N-dealkylation sites (N-methyl/N-ethyl adjacent to an activating group) is 1. The number of hydrogen-bond donors (Lipinski definition) is 1. The van der Waals surface area contributed by atoms with E-state index in [1.54, 1.807) is 6.20 Å². The number of β-amino-alcohol motifs (C(OH)–C–C–N with tert-alkyl or cyclic N) is 1. The van der Waals surface area contributed by atoms with Gasteiger partial charge in [-0.15, -0.1) is 0 Å². The number of nitrogens with zero attached hydrogens (tertiary/aromatic N) is 3. The van der Waals surface area contributed by atoms with Crippen LogP contribution in [0.2, 0.25) is 0 Å². The molecule has 0 saturated carbocycles. The average Bonchev–Trinajstić information content (AvgIpc) is 2.49. The molecule has 118 valence electrons. The van der Waals surface area contributed by atoms with Crippen LogP contribution in [0.1, 0.15) is 38.3 Å². The molecule has 21 heavy (non-hydrogen) atoms. The zero-order valence-electron chi connectivity index (χ0n) is 13.6. The van der Waals surface area contributed by atoms with Crippen LogP contribution in [0.5, 0.6) is 0 Å². The van der Waals surface area contributed by atoms with Gasteiger partial charge in [0.15, 0.2) is 0 Å². The molecule has 1 aliphatic rings. The van der Waals surface area contributed by atoms with E-state index < -0.39 is 0 Å². The van der Waals surface area contributed by atoms with Crippen molar-refractivity contribution in [2.45, 2.75) is 38.8 Å². The van der Waals surface area contributed by atoms with E-state index in [1.165, 1.54) is 18.4 Å². The second-order valence-corrected chi connectivity index (χ2v) is 6.54. The minimum absolute atomic E-state index is 0.273. The highest BCUT2D eigenvalue weighted by Gasteiger charge is 2.20. The lowest BCUT2D eigenvalue weighted by Gasteiger charge is -2.33. The summed E-state index contributed by atoms with van der Waals surface area (Å²) in [5.41, 5.74) is 1.19. The summed E-state index contributed by atoms with van der Waals surface area (Å²) >= 11 is 0. The molecule has 1 N–H and O–H groups in total. The van der Waals surface area contributed by atoms with Gasteiger partial charge in [-0.05, 0) is 57.5 Å². The first-order chi connectivity index (χ1) is 10.1. The largest absolute Gasteiger partial charge is 0.390 e. The van der Waals surface area contributed by atoms with Crippen LogP contribution in [0, 0.1) is 5.92 Å². The SMILES string of the molecule is CC1CCN(CC(O)CN(C)C(C)c2cccnc2)CC1. The lowest BCUT2D eigenvalue weighted by atomic mass is 9.99. The van der Waals surface area contributed by atoms with Crippen LogP contribution in [0.25, 0.3) is 0 Å². The third-order valence-electron chi connectivity index (χ3n) is 4.67. The second kappa shape index (κ2) is 7.87. The van der Waals surface area contributed by atoms with E-state index in [2.05, 4.69) is 41.7 Å². The number of likely N-dealkylation sites (tertiary alicyclic amines) is 1. The van der Waals surface area contributed by atoms with E-state index in [4.69, 9.17) is 0 Å². The number of aliphatic hydroxyl groups is 1. The Balaban J connectivity index is 1.78. The van der Waals surface area contributed by atoms with Gasteiger partial charge in [0.2, 0.25) is 0 Å². The van der Waals surface area contributed by atoms with Crippen LogP contribution in [0.15, 0.2) is 24.5 Å². The summed E-state index contributed by atoms with van der Waals surface area (Å²) in [7, 11) is 2.07. The molecule has 4 heteroatoms. The summed E-state index contributed by atoms with van der Waals surface area (Å²) in [4.78, 5) is 8.77. The highest BCUT2D eigenvalue weighted by atomic mass is 16.3. The van der Waals surface area contributed by atoms with Crippen molar-refractivity contribution in [3.8, 4) is 0 Å². The van der Waals surface area contributed by atoms with Gasteiger partial charge < -0.3 is 10.0 Å². The Bertz CT molecular complexity index is 404. The lowest BCUT2D eigenvalue weighted by molar-refractivity contribution is 0.0589. The quantitative estimate of drug-likeness (QED) is 0.872. The first-order valence-electron chi connectivity index (χ1n) is 8.07. The molecule has 2 atom stereocenters. The predicted octanol–water partition coefficient (Wildman–Crippen LogP) is 2.17. The van der Waals surface area contributed by atoms with Crippen LogP contribution in [-0.2, 0) is 0 Å². The summed E-state index contributed by atoms with van der Waals surface area (Å²) in [6, 6.07) is 4.33. The Morgan fingerprint density at radius 2 is 2.14 bits per heavy atom. The van der Waals surface area contributed by atoms with Gasteiger partial charge in [-0.3, -0.25) is 9.88 Å². The molecule has 0 aliphatic carbocycles. The standard InChI is InChI=1S/C17H29N3O/c1-14-6-9-20(10-7-14)13-17(21)12-19(3)15(2)16-5-4-8-18-11-16/h4-5,8,11,14-15,17,21H,6-7,9-10,12-13H2,1-3H3. The average molecular weight is 291 g/mol. The van der Waals surface area contributed by atoms with E-state index in [-0.39, 0.29) is 12.1 Å². The lowest BCUT2D eigenvalue weighted by Crippen LogP contribution is -2.42. The first kappa shape index (κ1) is 16.4. The van der Waals surface area contributed by atoms with Crippen molar-refractivity contribution < 1.29 is 5.11 Å². The molecular weight excluding hydrogens is 262 g/mol. The number of hydrogen-bond acceptors (Lipinski definition) is 4. The Morgan fingerprint density at radius 3 is 2.76 bits per heavy atom. The van der Waals surface area contributed by atoms with Crippen molar-refractivity contribution in [1.82, 2.24) is 14.8 Å². The van der Waals surface area contributed by atoms with Gasteiger partial charge >= 0.3 is 0 Å². The van der Waals surface area contributed by atoms with Crippen LogP contribution in [-0.4, -0.2) is 59.2 Å². The number of aromatic nitrogens is 1. The summed E-state index contributed by atoms with van der Waals surface area (Å²) < 4.78 is 0. The van der Waals surface area contributed by atoms with Crippen molar-refractivity contribution in [2.75, 3.05) is 33.2 Å². The van der Waals surface area contributed by atoms with E-state index >= 15 is 0 Å². The molecule has 2 rings (SSSR count). The molecule has 1 aromatic heterocycles. The Labute approximate surface area is 128 Å². The van der Waals surface area contributed by atoms with Crippen molar-refractivity contribution in [2.24, 2.45) is 5.92 Å². The van der Waals surface area contributed by atoms with E-state index in [0.29, 0.717) is 6.54 Å². The number of rotatable bonds is 6. The third-order valence-corrected chi connectivity index (χ3v) is 4.67. The fourth-order valence-electron chi connectivity index (χ4n) is 2.97. The van der Waals surface area contributed by atoms with Crippen molar-refractivity contribution in [1.29, 1.82) is 0 Å². The Hall–Kier alpha value is -0.970. The van der Waals surface area contributed by atoms with E-state index in [1.807, 2.05) is 12.3 Å².